The molecule has 2 heterocycles. The Morgan fingerprint density at radius 2 is 2.37 bits per heavy atom. The summed E-state index contributed by atoms with van der Waals surface area (Å²) in [5.41, 5.74) is 5.77. The summed E-state index contributed by atoms with van der Waals surface area (Å²) in [6.45, 7) is 3.63. The summed E-state index contributed by atoms with van der Waals surface area (Å²) >= 11 is 0. The van der Waals surface area contributed by atoms with Gasteiger partial charge in [0.25, 0.3) is 0 Å². The summed E-state index contributed by atoms with van der Waals surface area (Å²) in [5, 5.41) is 5.98. The van der Waals surface area contributed by atoms with E-state index in [1.807, 2.05) is 4.90 Å². The summed E-state index contributed by atoms with van der Waals surface area (Å²) < 4.78 is 5.06. The molecule has 2 aliphatic rings. The van der Waals surface area contributed by atoms with Crippen LogP contribution < -0.4 is 16.4 Å². The molecule has 7 nitrogen and oxygen atoms in total. The third-order valence-corrected chi connectivity index (χ3v) is 3.51. The first-order chi connectivity index (χ1) is 9.10. The summed E-state index contributed by atoms with van der Waals surface area (Å²) in [4.78, 5) is 25.3. The van der Waals surface area contributed by atoms with Crippen molar-refractivity contribution >= 4 is 11.9 Å². The third-order valence-electron chi connectivity index (χ3n) is 3.51. The molecule has 0 aromatic rings. The van der Waals surface area contributed by atoms with E-state index < -0.39 is 0 Å². The van der Waals surface area contributed by atoms with Gasteiger partial charge in [-0.15, -0.1) is 0 Å². The molecule has 3 atom stereocenters. The van der Waals surface area contributed by atoms with Gasteiger partial charge in [0.15, 0.2) is 0 Å². The van der Waals surface area contributed by atoms with Gasteiger partial charge < -0.3 is 15.8 Å². The molecule has 108 valence electrons. The maximum absolute atomic E-state index is 11.8. The molecule has 0 bridgehead atoms. The zero-order valence-corrected chi connectivity index (χ0v) is 11.2. The van der Waals surface area contributed by atoms with Crippen molar-refractivity contribution in [3.05, 3.63) is 0 Å². The number of esters is 1. The number of nitrogens with zero attached hydrogens (tertiary/aromatic N) is 1. The minimum absolute atomic E-state index is 0.0606. The lowest BCUT2D eigenvalue weighted by atomic mass is 9.98. The number of ether oxygens (including phenoxy) is 1. The zero-order valence-electron chi connectivity index (χ0n) is 11.2. The molecule has 4 N–H and O–H groups in total. The number of carbonyl (C=O) groups is 2. The zero-order chi connectivity index (χ0) is 13.8. The van der Waals surface area contributed by atoms with Gasteiger partial charge in [-0.3, -0.25) is 19.8 Å². The van der Waals surface area contributed by atoms with E-state index in [1.165, 1.54) is 0 Å². The van der Waals surface area contributed by atoms with E-state index in [-0.39, 0.29) is 36.7 Å². The fourth-order valence-electron chi connectivity index (χ4n) is 2.60. The second kappa shape index (κ2) is 6.31. The highest BCUT2D eigenvalue weighted by Gasteiger charge is 2.33. The van der Waals surface area contributed by atoms with Crippen molar-refractivity contribution in [2.75, 3.05) is 19.7 Å². The van der Waals surface area contributed by atoms with Crippen molar-refractivity contribution in [1.29, 1.82) is 0 Å². The van der Waals surface area contributed by atoms with Crippen LogP contribution in [0.3, 0.4) is 0 Å². The lowest BCUT2D eigenvalue weighted by Gasteiger charge is -2.41. The summed E-state index contributed by atoms with van der Waals surface area (Å²) in [6, 6.07) is 0. The Kier molecular flexibility index (Phi) is 4.73. The Hall–Kier alpha value is -1.18. The van der Waals surface area contributed by atoms with E-state index >= 15 is 0 Å². The van der Waals surface area contributed by atoms with Gasteiger partial charge >= 0.3 is 5.97 Å². The molecule has 7 heteroatoms. The number of hydrogen-bond acceptors (Lipinski definition) is 6. The number of nitrogens with one attached hydrogen (secondary N) is 2. The Balaban J connectivity index is 1.93. The quantitative estimate of drug-likeness (QED) is 0.566. The maximum Gasteiger partial charge on any atom is 0.310 e. The molecule has 0 saturated carbocycles. The monoisotopic (exact) mass is 270 g/mol. The minimum Gasteiger partial charge on any atom is -0.466 e. The van der Waals surface area contributed by atoms with E-state index in [0.29, 0.717) is 13.2 Å². The summed E-state index contributed by atoms with van der Waals surface area (Å²) in [5.74, 6) is -0.335. The van der Waals surface area contributed by atoms with Gasteiger partial charge in [-0.2, -0.15) is 0 Å². The van der Waals surface area contributed by atoms with Gasteiger partial charge in [0.1, 0.15) is 6.29 Å². The number of nitrogens with two attached hydrogens (primary N) is 1. The standard InChI is InChI=1S/C12H22N4O3/c1-2-19-11(18)8-4-3-5-16(7-8)12-14-9(13)6-10(17)15-12/h8-9,12,14H,2-7,13H2,1H3,(H,15,17). The molecule has 0 spiro atoms. The first-order valence-electron chi connectivity index (χ1n) is 6.82. The predicted molar refractivity (Wildman–Crippen MR) is 68.6 cm³/mol. The van der Waals surface area contributed by atoms with Gasteiger partial charge in [-0.25, -0.2) is 0 Å². The molecule has 0 aromatic carbocycles. The van der Waals surface area contributed by atoms with Crippen LogP contribution in [0.15, 0.2) is 0 Å². The van der Waals surface area contributed by atoms with Crippen LogP contribution in [0.4, 0.5) is 0 Å². The van der Waals surface area contributed by atoms with Gasteiger partial charge in [-0.05, 0) is 19.8 Å². The SMILES string of the molecule is CCOC(=O)C1CCCN(C2NC(=O)CC(N)N2)C1. The third kappa shape index (κ3) is 3.65. The van der Waals surface area contributed by atoms with Crippen LogP contribution in [0.5, 0.6) is 0 Å². The molecular weight excluding hydrogens is 248 g/mol. The number of piperidine rings is 1. The summed E-state index contributed by atoms with van der Waals surface area (Å²) in [7, 11) is 0. The van der Waals surface area contributed by atoms with Crippen LogP contribution in [0.2, 0.25) is 0 Å². The van der Waals surface area contributed by atoms with Crippen LogP contribution >= 0.6 is 0 Å². The Bertz CT molecular complexity index is 350. The van der Waals surface area contributed by atoms with Crippen LogP contribution in [0.25, 0.3) is 0 Å². The van der Waals surface area contributed by atoms with Crippen LogP contribution in [0.1, 0.15) is 26.2 Å². The summed E-state index contributed by atoms with van der Waals surface area (Å²) in [6.07, 6.45) is 1.41. The molecule has 2 aliphatic heterocycles. The van der Waals surface area contributed by atoms with Crippen molar-refractivity contribution < 1.29 is 14.3 Å². The fourth-order valence-corrected chi connectivity index (χ4v) is 2.60. The average molecular weight is 270 g/mol. The molecular formula is C12H22N4O3. The number of carbonyl (C=O) groups excluding carboxylic acids is 2. The molecule has 19 heavy (non-hydrogen) atoms. The van der Waals surface area contributed by atoms with Crippen LogP contribution in [0, 0.1) is 5.92 Å². The van der Waals surface area contributed by atoms with Gasteiger partial charge in [0.05, 0.1) is 25.1 Å². The van der Waals surface area contributed by atoms with E-state index in [1.54, 1.807) is 6.92 Å². The number of likely N-dealkylation sites (tertiary alicyclic amines) is 1. The lowest BCUT2D eigenvalue weighted by molar-refractivity contribution is -0.150. The highest BCUT2D eigenvalue weighted by molar-refractivity contribution is 5.77. The Morgan fingerprint density at radius 1 is 1.58 bits per heavy atom. The number of rotatable bonds is 3. The first kappa shape index (κ1) is 14.2. The predicted octanol–water partition coefficient (Wildman–Crippen LogP) is -1.06. The van der Waals surface area contributed by atoms with Gasteiger partial charge in [0, 0.05) is 13.1 Å². The minimum atomic E-state index is -0.332. The van der Waals surface area contributed by atoms with Gasteiger partial charge in [-0.1, -0.05) is 0 Å². The Labute approximate surface area is 112 Å². The normalized spacial score (nSPS) is 32.7. The Morgan fingerprint density at radius 3 is 3.05 bits per heavy atom. The van der Waals surface area contributed by atoms with Crippen molar-refractivity contribution in [2.24, 2.45) is 11.7 Å². The highest BCUT2D eigenvalue weighted by Crippen LogP contribution is 2.19. The van der Waals surface area contributed by atoms with Crippen LogP contribution in [-0.4, -0.2) is 48.9 Å². The molecule has 0 aromatic heterocycles. The molecule has 2 rings (SSSR count). The van der Waals surface area contributed by atoms with E-state index in [2.05, 4.69) is 10.6 Å². The van der Waals surface area contributed by atoms with E-state index in [0.717, 1.165) is 19.4 Å². The first-order valence-corrected chi connectivity index (χ1v) is 6.82. The lowest BCUT2D eigenvalue weighted by Crippen LogP contribution is -2.67. The molecule has 0 aliphatic carbocycles. The van der Waals surface area contributed by atoms with Crippen molar-refractivity contribution in [1.82, 2.24) is 15.5 Å². The fraction of sp³-hybridized carbons (Fsp3) is 0.833. The smallest absolute Gasteiger partial charge is 0.310 e. The van der Waals surface area contributed by atoms with Crippen molar-refractivity contribution in [3.8, 4) is 0 Å². The maximum atomic E-state index is 11.8. The second-order valence-corrected chi connectivity index (χ2v) is 5.03. The average Bonchev–Trinajstić information content (AvgIpc) is 2.38. The molecule has 1 amide bonds. The number of amides is 1. The van der Waals surface area contributed by atoms with Gasteiger partial charge in [0.2, 0.25) is 5.91 Å². The van der Waals surface area contributed by atoms with E-state index in [9.17, 15) is 9.59 Å². The topological polar surface area (TPSA) is 96.7 Å². The van der Waals surface area contributed by atoms with Crippen LogP contribution in [-0.2, 0) is 14.3 Å². The molecule has 2 saturated heterocycles. The molecule has 3 unspecified atom stereocenters. The largest absolute Gasteiger partial charge is 0.466 e. The molecule has 2 fully saturated rings. The van der Waals surface area contributed by atoms with E-state index in [4.69, 9.17) is 10.5 Å². The highest BCUT2D eigenvalue weighted by atomic mass is 16.5. The second-order valence-electron chi connectivity index (χ2n) is 5.03. The van der Waals surface area contributed by atoms with Crippen molar-refractivity contribution in [2.45, 2.75) is 38.6 Å². The molecule has 0 radical (unpaired) electrons. The number of hydrogen-bond donors (Lipinski definition) is 3. The van der Waals surface area contributed by atoms with Crippen molar-refractivity contribution in [3.63, 3.8) is 0 Å².